The van der Waals surface area contributed by atoms with Gasteiger partial charge in [0.1, 0.15) is 12.1 Å². The number of carbonyl (C=O) groups is 6. The lowest BCUT2D eigenvalue weighted by Gasteiger charge is -2.43. The summed E-state index contributed by atoms with van der Waals surface area (Å²) in [5, 5.41) is 26.8. The number of benzene rings is 2. The Bertz CT molecular complexity index is 2790. The van der Waals surface area contributed by atoms with Gasteiger partial charge in [-0.3, -0.25) is 38.5 Å². The second kappa shape index (κ2) is 22.2. The van der Waals surface area contributed by atoms with Gasteiger partial charge in [-0.25, -0.2) is 8.78 Å². The molecule has 2 saturated heterocycles. The highest BCUT2D eigenvalue weighted by Crippen LogP contribution is 2.70. The number of carbonyl (C=O) groups excluding carboxylic acids is 6. The van der Waals surface area contributed by atoms with Crippen molar-refractivity contribution in [2.75, 3.05) is 45.2 Å². The van der Waals surface area contributed by atoms with Crippen molar-refractivity contribution >= 4 is 41.1 Å². The number of nitrogens with one attached hydrogen (secondary N) is 6. The molecule has 0 spiro atoms. The zero-order chi connectivity index (χ0) is 53.3. The molecule has 10 rings (SSSR count). The number of aryl methyl sites for hydroxylation is 1. The van der Waals surface area contributed by atoms with Gasteiger partial charge in [0.05, 0.1) is 49.6 Å². The number of nitrogens with zero attached hydrogens (tertiary/aromatic N) is 5. The third-order valence-electron chi connectivity index (χ3n) is 17.4. The maximum absolute atomic E-state index is 14.7. The average molecular weight is 1050 g/mol. The van der Waals surface area contributed by atoms with Crippen molar-refractivity contribution in [2.45, 2.75) is 139 Å². The van der Waals surface area contributed by atoms with E-state index in [-0.39, 0.29) is 111 Å². The van der Waals surface area contributed by atoms with Gasteiger partial charge in [-0.2, -0.15) is 10.2 Å². The number of rotatable bonds is 19. The number of anilines is 1. The number of hydrogen-bond donors (Lipinski definition) is 6. The summed E-state index contributed by atoms with van der Waals surface area (Å²) in [6.07, 6.45) is 11.0. The van der Waals surface area contributed by atoms with E-state index in [0.29, 0.717) is 30.0 Å². The van der Waals surface area contributed by atoms with Gasteiger partial charge in [0.25, 0.3) is 11.8 Å². The first kappa shape index (κ1) is 52.9. The van der Waals surface area contributed by atoms with E-state index in [1.165, 1.54) is 5.56 Å². The van der Waals surface area contributed by atoms with Crippen LogP contribution in [0.4, 0.5) is 14.5 Å². The van der Waals surface area contributed by atoms with Crippen LogP contribution in [0.3, 0.4) is 0 Å². The van der Waals surface area contributed by atoms with E-state index in [1.807, 2.05) is 48.5 Å². The van der Waals surface area contributed by atoms with Gasteiger partial charge in [0.15, 0.2) is 5.69 Å². The number of halogens is 2. The topological polar surface area (TPSA) is 225 Å². The second-order valence-electron chi connectivity index (χ2n) is 22.2. The van der Waals surface area contributed by atoms with E-state index in [9.17, 15) is 37.5 Å². The van der Waals surface area contributed by atoms with Gasteiger partial charge < -0.3 is 41.1 Å². The van der Waals surface area contributed by atoms with Crippen LogP contribution in [0.2, 0.25) is 0 Å². The van der Waals surface area contributed by atoms with Crippen molar-refractivity contribution in [2.24, 2.45) is 23.2 Å². The minimum atomic E-state index is -2.78. The molecule has 4 aromatic rings. The summed E-state index contributed by atoms with van der Waals surface area (Å²) in [5.41, 5.74) is 3.78. The second-order valence-corrected chi connectivity index (χ2v) is 22.2. The first-order chi connectivity index (χ1) is 36.6. The number of likely N-dealkylation sites (N-methyl/N-ethyl adjacent to an activating group) is 1. The Labute approximate surface area is 441 Å². The van der Waals surface area contributed by atoms with Crippen LogP contribution in [0.25, 0.3) is 0 Å². The van der Waals surface area contributed by atoms with Gasteiger partial charge in [-0.15, -0.1) is 0 Å². The third-order valence-corrected chi connectivity index (χ3v) is 17.4. The van der Waals surface area contributed by atoms with E-state index in [2.05, 4.69) is 47.9 Å². The van der Waals surface area contributed by atoms with Gasteiger partial charge in [0.2, 0.25) is 29.5 Å². The van der Waals surface area contributed by atoms with Crippen molar-refractivity contribution in [3.63, 3.8) is 0 Å². The molecule has 6 aliphatic rings. The lowest BCUT2D eigenvalue weighted by Crippen LogP contribution is -2.58. The van der Waals surface area contributed by atoms with Crippen LogP contribution in [-0.4, -0.2) is 135 Å². The van der Waals surface area contributed by atoms with Gasteiger partial charge >= 0.3 is 0 Å². The molecule has 20 heteroatoms. The van der Waals surface area contributed by atoms with Crippen LogP contribution in [-0.2, 0) is 48.0 Å². The number of amides is 6. The number of likely N-dealkylation sites (tertiary alicyclic amines) is 2. The number of ether oxygens (including phenoxy) is 1. The van der Waals surface area contributed by atoms with Crippen molar-refractivity contribution in [1.29, 1.82) is 0 Å². The van der Waals surface area contributed by atoms with Gasteiger partial charge in [-0.1, -0.05) is 80.8 Å². The molecule has 4 aliphatic carbocycles. The lowest BCUT2D eigenvalue weighted by atomic mass is 9.83. The molecule has 0 bridgehead atoms. The molecular formula is C56H71F2N11O7. The number of fused-ring (bicyclic) bond motifs is 3. The molecule has 6 amide bonds. The molecule has 8 atom stereocenters. The van der Waals surface area contributed by atoms with Crippen molar-refractivity contribution in [3.8, 4) is 0 Å². The number of H-pyrrole nitrogens is 1. The van der Waals surface area contributed by atoms with Crippen molar-refractivity contribution < 1.29 is 42.3 Å². The molecule has 18 nitrogen and oxygen atoms in total. The summed E-state index contributed by atoms with van der Waals surface area (Å²) in [6.45, 7) is 4.53. The summed E-state index contributed by atoms with van der Waals surface area (Å²) in [4.78, 5) is 85.9. The number of aromatic amines is 1. The molecule has 2 aliphatic heterocycles. The fraction of sp³-hybridized carbons (Fsp3) is 0.571. The molecule has 76 heavy (non-hydrogen) atoms. The monoisotopic (exact) mass is 1050 g/mol. The molecule has 2 aromatic carbocycles. The summed E-state index contributed by atoms with van der Waals surface area (Å²) >= 11 is 0. The molecule has 4 fully saturated rings. The summed E-state index contributed by atoms with van der Waals surface area (Å²) < 4.78 is 36.7. The highest BCUT2D eigenvalue weighted by molar-refractivity contribution is 6.04. The lowest BCUT2D eigenvalue weighted by molar-refractivity contribution is -0.143. The Morgan fingerprint density at radius 2 is 1.64 bits per heavy atom. The van der Waals surface area contributed by atoms with E-state index in [0.717, 1.165) is 62.5 Å². The van der Waals surface area contributed by atoms with Crippen molar-refractivity contribution in [1.82, 2.24) is 51.0 Å². The van der Waals surface area contributed by atoms with Crippen LogP contribution in [0.5, 0.6) is 0 Å². The zero-order valence-corrected chi connectivity index (χ0v) is 43.6. The average Bonchev–Trinajstić information content (AvgIpc) is 4.19. The van der Waals surface area contributed by atoms with E-state index < -0.39 is 47.3 Å². The fourth-order valence-electron chi connectivity index (χ4n) is 12.7. The predicted molar refractivity (Wildman–Crippen MR) is 277 cm³/mol. The summed E-state index contributed by atoms with van der Waals surface area (Å²) in [7, 11) is 1.69. The van der Waals surface area contributed by atoms with Crippen LogP contribution in [0.15, 0.2) is 67.0 Å². The van der Waals surface area contributed by atoms with E-state index >= 15 is 0 Å². The van der Waals surface area contributed by atoms with Gasteiger partial charge in [0, 0.05) is 73.2 Å². The number of alkyl halides is 2. The van der Waals surface area contributed by atoms with Crippen LogP contribution >= 0.6 is 0 Å². The SMILES string of the molecule is CNC(C)C(=O)NC(C(=O)N1C[C@@H](NC(=O)CCOCCC(=O)N2CC(C(c3ccccc3)n3cc(NC(=O)c4n[nH]c5c4C[C@@H]4C(F)(F)[C@]4(C)C5)cn3)C2)C[C@H]1C(=O)N[C@@H]1CCCc2ccccc21)C1CCCCC1. The third kappa shape index (κ3) is 10.8. The zero-order valence-electron chi connectivity index (χ0n) is 43.6. The largest absolute Gasteiger partial charge is 0.380 e. The van der Waals surface area contributed by atoms with E-state index in [4.69, 9.17) is 4.74 Å². The van der Waals surface area contributed by atoms with E-state index in [1.54, 1.807) is 47.8 Å². The van der Waals surface area contributed by atoms with Gasteiger partial charge in [-0.05, 0) is 81.5 Å². The normalized spacial score (nSPS) is 24.9. The van der Waals surface area contributed by atoms with Crippen LogP contribution in [0.1, 0.15) is 129 Å². The minimum absolute atomic E-state index is 0.00251. The van der Waals surface area contributed by atoms with Crippen LogP contribution < -0.4 is 26.6 Å². The van der Waals surface area contributed by atoms with Crippen molar-refractivity contribution in [3.05, 3.63) is 101 Å². The molecule has 2 saturated carbocycles. The number of aromatic nitrogens is 4. The Hall–Kier alpha value is -6.54. The molecular weight excluding hydrogens is 977 g/mol. The highest BCUT2D eigenvalue weighted by atomic mass is 19.3. The molecule has 406 valence electrons. The number of hydrogen-bond acceptors (Lipinski definition) is 10. The predicted octanol–water partition coefficient (Wildman–Crippen LogP) is 5.03. The Morgan fingerprint density at radius 3 is 2.42 bits per heavy atom. The van der Waals surface area contributed by atoms with Crippen LogP contribution in [0, 0.1) is 23.2 Å². The fourth-order valence-corrected chi connectivity index (χ4v) is 12.7. The summed E-state index contributed by atoms with van der Waals surface area (Å²) in [5.74, 6) is -5.44. The molecule has 0 radical (unpaired) electrons. The Morgan fingerprint density at radius 1 is 0.895 bits per heavy atom. The Kier molecular flexibility index (Phi) is 15.4. The smallest absolute Gasteiger partial charge is 0.276 e. The molecule has 2 aromatic heterocycles. The minimum Gasteiger partial charge on any atom is -0.380 e. The highest BCUT2D eigenvalue weighted by Gasteiger charge is 2.78. The first-order valence-corrected chi connectivity index (χ1v) is 27.3. The standard InChI is InChI=1S/C56H71F2N11O7/c1-33(59-3)51(72)64-48(35-14-6-4-7-15-35)54(75)68-31-38(25-44(68)52(73)63-42-20-12-18-34-13-10-11-19-40(34)42)61-46(70)21-23-76-24-22-47(71)67-29-37(30-67)50(36-16-8-5-9-17-36)69-32-39(28-60-69)62-53(74)49-41-26-45-55(2,56(45,57)58)27-43(41)65-66-49/h5,8-11,13,16-17,19,28,32-33,35,37-38,42,44-45,48,50,59H,4,6-7,12,14-15,18,20-27,29-31H2,1-3H3,(H,61,70)(H,62,74)(H,63,73)(H,64,72)(H,65,66)/t33?,38-,42+,44-,45-,48?,50?,55+/m0/s1. The summed E-state index contributed by atoms with van der Waals surface area (Å²) in [6, 6.07) is 14.7. The Balaban J connectivity index is 0.709. The quantitative estimate of drug-likeness (QED) is 0.0688. The first-order valence-electron chi connectivity index (χ1n) is 27.3. The molecule has 4 heterocycles. The molecule has 6 N–H and O–H groups in total. The maximum Gasteiger partial charge on any atom is 0.276 e. The maximum atomic E-state index is 14.7. The molecule has 3 unspecified atom stereocenters.